The predicted octanol–water partition coefficient (Wildman–Crippen LogP) is 1.00. The van der Waals surface area contributed by atoms with Crippen LogP contribution in [-0.2, 0) is 11.3 Å². The topological polar surface area (TPSA) is 82.5 Å². The number of carboxylic acid groups (broad SMARTS) is 1. The van der Waals surface area contributed by atoms with E-state index in [1.807, 2.05) is 19.1 Å². The maximum Gasteiger partial charge on any atom is 0.326 e. The van der Waals surface area contributed by atoms with E-state index < -0.39 is 18.0 Å². The molecular weight excluding hydrogens is 234 g/mol. The zero-order valence-corrected chi connectivity index (χ0v) is 10.7. The number of aliphatic carboxylic acids is 1. The van der Waals surface area contributed by atoms with E-state index in [-0.39, 0.29) is 6.54 Å². The van der Waals surface area contributed by atoms with Crippen LogP contribution in [0.1, 0.15) is 18.3 Å². The summed E-state index contributed by atoms with van der Waals surface area (Å²) in [6.07, 6.45) is 0. The zero-order valence-electron chi connectivity index (χ0n) is 10.7. The molecule has 0 aliphatic carbocycles. The molecule has 18 heavy (non-hydrogen) atoms. The third kappa shape index (κ3) is 3.73. The number of nitrogens with one attached hydrogen (secondary N) is 1. The van der Waals surface area contributed by atoms with E-state index in [1.54, 1.807) is 6.07 Å². The predicted molar refractivity (Wildman–Crippen MR) is 66.1 cm³/mol. The van der Waals surface area contributed by atoms with Crippen molar-refractivity contribution < 1.29 is 14.7 Å². The third-order valence-electron chi connectivity index (χ3n) is 2.63. The molecule has 1 aromatic rings. The zero-order chi connectivity index (χ0) is 13.7. The van der Waals surface area contributed by atoms with Crippen molar-refractivity contribution in [1.29, 1.82) is 0 Å². The number of aryl methyl sites for hydroxylation is 1. The van der Waals surface area contributed by atoms with Gasteiger partial charge in [0.25, 0.3) is 0 Å². The summed E-state index contributed by atoms with van der Waals surface area (Å²) in [6.45, 7) is 3.59. The monoisotopic (exact) mass is 251 g/mol. The van der Waals surface area contributed by atoms with Crippen molar-refractivity contribution in [3.8, 4) is 0 Å². The van der Waals surface area contributed by atoms with Crippen LogP contribution in [-0.4, -0.2) is 40.1 Å². The molecule has 1 heterocycles. The van der Waals surface area contributed by atoms with Crippen molar-refractivity contribution in [1.82, 2.24) is 15.2 Å². The molecule has 0 saturated carbocycles. The van der Waals surface area contributed by atoms with Gasteiger partial charge in [-0.25, -0.2) is 9.59 Å². The van der Waals surface area contributed by atoms with Crippen LogP contribution in [0.4, 0.5) is 4.79 Å². The number of rotatable bonds is 4. The first-order chi connectivity index (χ1) is 8.41. The number of pyridine rings is 1. The minimum absolute atomic E-state index is 0.275. The van der Waals surface area contributed by atoms with Gasteiger partial charge < -0.3 is 15.3 Å². The van der Waals surface area contributed by atoms with E-state index >= 15 is 0 Å². The standard InChI is InChI=1S/C12H17N3O3/c1-8-5-4-6-10(14-8)7-13-12(18)15(3)9(2)11(16)17/h4-6,9H,7H2,1-3H3,(H,13,18)(H,16,17). The van der Waals surface area contributed by atoms with Gasteiger partial charge in [0.05, 0.1) is 12.2 Å². The summed E-state index contributed by atoms with van der Waals surface area (Å²) in [4.78, 5) is 27.8. The normalized spacial score (nSPS) is 11.7. The van der Waals surface area contributed by atoms with Crippen LogP contribution in [0.2, 0.25) is 0 Å². The lowest BCUT2D eigenvalue weighted by Crippen LogP contribution is -2.45. The van der Waals surface area contributed by atoms with Crippen LogP contribution in [0.3, 0.4) is 0 Å². The Morgan fingerprint density at radius 3 is 2.72 bits per heavy atom. The van der Waals surface area contributed by atoms with Crippen molar-refractivity contribution >= 4 is 12.0 Å². The second kappa shape index (κ2) is 6.00. The van der Waals surface area contributed by atoms with Gasteiger partial charge in [-0.3, -0.25) is 4.98 Å². The van der Waals surface area contributed by atoms with Crippen LogP contribution in [0.5, 0.6) is 0 Å². The molecule has 0 radical (unpaired) electrons. The van der Waals surface area contributed by atoms with E-state index in [0.717, 1.165) is 16.3 Å². The van der Waals surface area contributed by atoms with Crippen LogP contribution in [0.15, 0.2) is 18.2 Å². The maximum atomic E-state index is 11.7. The largest absolute Gasteiger partial charge is 0.480 e. The van der Waals surface area contributed by atoms with Crippen LogP contribution in [0.25, 0.3) is 0 Å². The molecule has 0 aliphatic rings. The minimum atomic E-state index is -1.04. The van der Waals surface area contributed by atoms with Crippen LogP contribution < -0.4 is 5.32 Å². The number of nitrogens with zero attached hydrogens (tertiary/aromatic N) is 2. The first kappa shape index (κ1) is 14.0. The van der Waals surface area contributed by atoms with Gasteiger partial charge in [0.1, 0.15) is 6.04 Å². The van der Waals surface area contributed by atoms with E-state index in [2.05, 4.69) is 10.3 Å². The molecular formula is C12H17N3O3. The SMILES string of the molecule is Cc1cccc(CNC(=O)N(C)C(C)C(=O)O)n1. The van der Waals surface area contributed by atoms with E-state index in [0.29, 0.717) is 0 Å². The number of carboxylic acids is 1. The van der Waals surface area contributed by atoms with Gasteiger partial charge >= 0.3 is 12.0 Å². The summed E-state index contributed by atoms with van der Waals surface area (Å²) in [5.74, 6) is -1.04. The molecule has 6 heteroatoms. The molecule has 98 valence electrons. The van der Waals surface area contributed by atoms with Gasteiger partial charge in [-0.1, -0.05) is 6.07 Å². The Balaban J connectivity index is 2.53. The fraction of sp³-hybridized carbons (Fsp3) is 0.417. The molecule has 1 unspecified atom stereocenters. The van der Waals surface area contributed by atoms with Crippen LogP contribution >= 0.6 is 0 Å². The second-order valence-corrected chi connectivity index (χ2v) is 4.05. The summed E-state index contributed by atoms with van der Waals surface area (Å²) in [6, 6.07) is 4.22. The smallest absolute Gasteiger partial charge is 0.326 e. The second-order valence-electron chi connectivity index (χ2n) is 4.05. The van der Waals surface area contributed by atoms with Gasteiger partial charge in [-0.05, 0) is 26.0 Å². The summed E-state index contributed by atoms with van der Waals surface area (Å²) in [5, 5.41) is 11.4. The number of hydrogen-bond acceptors (Lipinski definition) is 3. The van der Waals surface area contributed by atoms with Crippen molar-refractivity contribution in [2.45, 2.75) is 26.4 Å². The molecule has 6 nitrogen and oxygen atoms in total. The molecule has 1 atom stereocenters. The first-order valence-corrected chi connectivity index (χ1v) is 5.58. The van der Waals surface area contributed by atoms with Crippen molar-refractivity contribution in [2.75, 3.05) is 7.05 Å². The van der Waals surface area contributed by atoms with E-state index in [1.165, 1.54) is 14.0 Å². The highest BCUT2D eigenvalue weighted by atomic mass is 16.4. The summed E-state index contributed by atoms with van der Waals surface area (Å²) >= 11 is 0. The molecule has 2 N–H and O–H groups in total. The molecule has 1 aromatic heterocycles. The Kier molecular flexibility index (Phi) is 4.65. The van der Waals surface area contributed by atoms with E-state index in [4.69, 9.17) is 5.11 Å². The van der Waals surface area contributed by atoms with Gasteiger partial charge in [0.15, 0.2) is 0 Å². The van der Waals surface area contributed by atoms with E-state index in [9.17, 15) is 9.59 Å². The Bertz CT molecular complexity index is 448. The van der Waals surface area contributed by atoms with Crippen LogP contribution in [0, 0.1) is 6.92 Å². The molecule has 0 spiro atoms. The van der Waals surface area contributed by atoms with Crippen molar-refractivity contribution in [2.24, 2.45) is 0 Å². The molecule has 0 fully saturated rings. The number of aromatic nitrogens is 1. The van der Waals surface area contributed by atoms with Gasteiger partial charge in [0.2, 0.25) is 0 Å². The highest BCUT2D eigenvalue weighted by Gasteiger charge is 2.21. The van der Waals surface area contributed by atoms with Gasteiger partial charge in [-0.15, -0.1) is 0 Å². The number of carbonyl (C=O) groups is 2. The van der Waals surface area contributed by atoms with Crippen molar-refractivity contribution in [3.63, 3.8) is 0 Å². The molecule has 0 aliphatic heterocycles. The molecule has 2 amide bonds. The van der Waals surface area contributed by atoms with Gasteiger partial charge in [0, 0.05) is 12.7 Å². The number of carbonyl (C=O) groups excluding carboxylic acids is 1. The molecule has 1 rings (SSSR count). The summed E-state index contributed by atoms with van der Waals surface area (Å²) < 4.78 is 0. The number of likely N-dealkylation sites (N-methyl/N-ethyl adjacent to an activating group) is 1. The molecule has 0 aromatic carbocycles. The fourth-order valence-corrected chi connectivity index (χ4v) is 1.33. The average Bonchev–Trinajstić information content (AvgIpc) is 2.34. The minimum Gasteiger partial charge on any atom is -0.480 e. The first-order valence-electron chi connectivity index (χ1n) is 5.58. The maximum absolute atomic E-state index is 11.7. The quantitative estimate of drug-likeness (QED) is 0.836. The molecule has 0 saturated heterocycles. The number of hydrogen-bond donors (Lipinski definition) is 2. The third-order valence-corrected chi connectivity index (χ3v) is 2.63. The van der Waals surface area contributed by atoms with Crippen molar-refractivity contribution in [3.05, 3.63) is 29.6 Å². The average molecular weight is 251 g/mol. The lowest BCUT2D eigenvalue weighted by Gasteiger charge is -2.21. The lowest BCUT2D eigenvalue weighted by molar-refractivity contribution is -0.141. The summed E-state index contributed by atoms with van der Waals surface area (Å²) in [5.41, 5.74) is 1.61. The Morgan fingerprint density at radius 2 is 2.17 bits per heavy atom. The summed E-state index contributed by atoms with van der Waals surface area (Å²) in [7, 11) is 1.44. The molecule has 0 bridgehead atoms. The Morgan fingerprint density at radius 1 is 1.50 bits per heavy atom. The number of urea groups is 1. The lowest BCUT2D eigenvalue weighted by atomic mass is 10.3. The van der Waals surface area contributed by atoms with Gasteiger partial charge in [-0.2, -0.15) is 0 Å². The fourth-order valence-electron chi connectivity index (χ4n) is 1.33. The Hall–Kier alpha value is -2.11. The highest BCUT2D eigenvalue weighted by molar-refractivity contribution is 5.82. The number of amides is 2. The Labute approximate surface area is 106 Å². The highest BCUT2D eigenvalue weighted by Crippen LogP contribution is 2.00.